The van der Waals surface area contributed by atoms with Crippen LogP contribution in [0.4, 0.5) is 5.82 Å². The van der Waals surface area contributed by atoms with Gasteiger partial charge < -0.3 is 10.5 Å². The van der Waals surface area contributed by atoms with E-state index in [0.717, 1.165) is 11.6 Å². The van der Waals surface area contributed by atoms with Gasteiger partial charge in [-0.1, -0.05) is 6.08 Å². The van der Waals surface area contributed by atoms with Crippen molar-refractivity contribution < 1.29 is 14.3 Å². The summed E-state index contributed by atoms with van der Waals surface area (Å²) in [6.45, 7) is 3.89. The number of hydrogen-bond donors (Lipinski definition) is 2. The summed E-state index contributed by atoms with van der Waals surface area (Å²) in [6.07, 6.45) is 3.83. The average molecular weight is 337 g/mol. The predicted octanol–water partition coefficient (Wildman–Crippen LogP) is 1.49. The molecule has 2 aliphatic heterocycles. The van der Waals surface area contributed by atoms with Gasteiger partial charge in [-0.2, -0.15) is 0 Å². The van der Waals surface area contributed by atoms with Crippen molar-refractivity contribution in [3.8, 4) is 11.4 Å². The summed E-state index contributed by atoms with van der Waals surface area (Å²) in [5.41, 5.74) is 6.46. The van der Waals surface area contributed by atoms with Gasteiger partial charge in [0.15, 0.2) is 0 Å². The second kappa shape index (κ2) is 4.83. The molecular formula is C18H15N3O4. The Morgan fingerprint density at radius 3 is 2.64 bits per heavy atom. The molecule has 1 aromatic heterocycles. The minimum Gasteiger partial charge on any atom is -0.483 e. The van der Waals surface area contributed by atoms with E-state index in [-0.39, 0.29) is 16.9 Å². The number of aromatic nitrogens is 1. The zero-order chi connectivity index (χ0) is 17.9. The highest BCUT2D eigenvalue weighted by molar-refractivity contribution is 6.23. The number of amides is 2. The van der Waals surface area contributed by atoms with Gasteiger partial charge >= 0.3 is 0 Å². The molecule has 3 N–H and O–H groups in total. The molecule has 25 heavy (non-hydrogen) atoms. The Morgan fingerprint density at radius 2 is 1.88 bits per heavy atom. The van der Waals surface area contributed by atoms with E-state index < -0.39 is 23.0 Å². The largest absolute Gasteiger partial charge is 0.483 e. The van der Waals surface area contributed by atoms with Crippen LogP contribution in [0.3, 0.4) is 0 Å². The molecule has 2 amide bonds. The number of anilines is 1. The van der Waals surface area contributed by atoms with Crippen LogP contribution < -0.4 is 21.3 Å². The van der Waals surface area contributed by atoms with Gasteiger partial charge in [-0.15, -0.1) is 0 Å². The van der Waals surface area contributed by atoms with E-state index in [9.17, 15) is 14.4 Å². The highest BCUT2D eigenvalue weighted by Crippen LogP contribution is 2.33. The van der Waals surface area contributed by atoms with Gasteiger partial charge in [0.05, 0.1) is 16.8 Å². The van der Waals surface area contributed by atoms with Crippen LogP contribution in [0, 0.1) is 0 Å². The first-order valence-electron chi connectivity index (χ1n) is 7.71. The van der Waals surface area contributed by atoms with Gasteiger partial charge in [0.25, 0.3) is 17.4 Å². The number of hydrogen-bond acceptors (Lipinski definition) is 5. The quantitative estimate of drug-likeness (QED) is 0.767. The maximum Gasteiger partial charge on any atom is 0.262 e. The van der Waals surface area contributed by atoms with E-state index in [1.165, 1.54) is 4.57 Å². The van der Waals surface area contributed by atoms with E-state index in [0.29, 0.717) is 11.4 Å². The number of nitrogens with two attached hydrogens (primary N) is 1. The van der Waals surface area contributed by atoms with Crippen LogP contribution in [-0.4, -0.2) is 22.0 Å². The van der Waals surface area contributed by atoms with Crippen LogP contribution in [0.1, 0.15) is 40.1 Å². The Labute approximate surface area is 142 Å². The minimum atomic E-state index is -0.611. The molecule has 7 heteroatoms. The molecule has 3 heterocycles. The summed E-state index contributed by atoms with van der Waals surface area (Å²) < 4.78 is 7.07. The Morgan fingerprint density at radius 1 is 1.12 bits per heavy atom. The summed E-state index contributed by atoms with van der Waals surface area (Å²) in [5.74, 6) is -0.585. The first-order chi connectivity index (χ1) is 11.8. The van der Waals surface area contributed by atoms with Crippen molar-refractivity contribution in [2.24, 2.45) is 0 Å². The lowest BCUT2D eigenvalue weighted by molar-refractivity contribution is 0.0880. The summed E-state index contributed by atoms with van der Waals surface area (Å²) >= 11 is 0. The molecule has 2 aliphatic rings. The third-order valence-electron chi connectivity index (χ3n) is 4.24. The Bertz CT molecular complexity index is 1050. The maximum atomic E-state index is 12.5. The fourth-order valence-electron chi connectivity index (χ4n) is 3.05. The number of imide groups is 1. The van der Waals surface area contributed by atoms with E-state index in [2.05, 4.69) is 5.32 Å². The van der Waals surface area contributed by atoms with Gasteiger partial charge in [-0.25, -0.2) is 0 Å². The molecule has 1 aromatic carbocycles. The van der Waals surface area contributed by atoms with Gasteiger partial charge in [0.2, 0.25) is 0 Å². The van der Waals surface area contributed by atoms with Gasteiger partial charge in [0.1, 0.15) is 17.2 Å². The second-order valence-electron chi connectivity index (χ2n) is 6.54. The normalized spacial score (nSPS) is 16.9. The van der Waals surface area contributed by atoms with Crippen LogP contribution in [0.15, 0.2) is 35.1 Å². The van der Waals surface area contributed by atoms with Crippen LogP contribution in [0.5, 0.6) is 5.75 Å². The third-order valence-corrected chi connectivity index (χ3v) is 4.24. The Kier molecular flexibility index (Phi) is 2.93. The molecule has 0 saturated carbocycles. The summed E-state index contributed by atoms with van der Waals surface area (Å²) in [4.78, 5) is 36.1. The van der Waals surface area contributed by atoms with Gasteiger partial charge in [0, 0.05) is 11.6 Å². The van der Waals surface area contributed by atoms with Crippen LogP contribution in [0.25, 0.3) is 11.8 Å². The number of pyridine rings is 1. The molecule has 0 saturated heterocycles. The van der Waals surface area contributed by atoms with Gasteiger partial charge in [-0.3, -0.25) is 24.3 Å². The molecule has 0 unspecified atom stereocenters. The van der Waals surface area contributed by atoms with Crippen LogP contribution in [0.2, 0.25) is 0 Å². The molecule has 0 atom stereocenters. The number of carbonyl (C=O) groups excluding carboxylic acids is 2. The molecule has 0 radical (unpaired) electrons. The maximum absolute atomic E-state index is 12.5. The molecule has 2 aromatic rings. The standard InChI is InChI=1S/C18H15N3O4/c1-18(2)6-5-9-7-10(3-4-12(9)25-18)21-13(22)8-11-14(15(21)19)17(24)20-16(11)23/h3-8H,19H2,1-2H3,(H,20,23,24). The molecule has 126 valence electrons. The van der Waals surface area contributed by atoms with Crippen molar-refractivity contribution in [2.75, 3.05) is 5.73 Å². The lowest BCUT2D eigenvalue weighted by Gasteiger charge is -2.28. The first-order valence-corrected chi connectivity index (χ1v) is 7.71. The summed E-state index contributed by atoms with van der Waals surface area (Å²) in [6, 6.07) is 6.31. The lowest BCUT2D eigenvalue weighted by atomic mass is 10.0. The minimum absolute atomic E-state index is 0.00619. The van der Waals surface area contributed by atoms with Gasteiger partial charge in [-0.05, 0) is 38.1 Å². The fraction of sp³-hybridized carbons (Fsp3) is 0.167. The number of nitrogens with one attached hydrogen (secondary N) is 1. The smallest absolute Gasteiger partial charge is 0.262 e. The SMILES string of the molecule is CC1(C)C=Cc2cc(-n3c(N)c4c(cc3=O)C(=O)NC4=O)ccc2O1. The number of rotatable bonds is 1. The second-order valence-corrected chi connectivity index (χ2v) is 6.54. The predicted molar refractivity (Wildman–Crippen MR) is 92.0 cm³/mol. The van der Waals surface area contributed by atoms with E-state index in [1.807, 2.05) is 26.0 Å². The lowest BCUT2D eigenvalue weighted by Crippen LogP contribution is -2.28. The molecule has 0 bridgehead atoms. The average Bonchev–Trinajstić information content (AvgIpc) is 2.81. The van der Waals surface area contributed by atoms with E-state index >= 15 is 0 Å². The number of nitrogens with zero attached hydrogens (tertiary/aromatic N) is 1. The van der Waals surface area contributed by atoms with E-state index in [1.54, 1.807) is 18.2 Å². The number of benzene rings is 1. The van der Waals surface area contributed by atoms with Crippen molar-refractivity contribution in [2.45, 2.75) is 19.4 Å². The number of carbonyl (C=O) groups is 2. The van der Waals surface area contributed by atoms with Crippen molar-refractivity contribution >= 4 is 23.7 Å². The number of fused-ring (bicyclic) bond motifs is 2. The zero-order valence-corrected chi connectivity index (χ0v) is 13.6. The van der Waals surface area contributed by atoms with Crippen LogP contribution >= 0.6 is 0 Å². The topological polar surface area (TPSA) is 103 Å². The zero-order valence-electron chi connectivity index (χ0n) is 13.6. The molecule has 4 rings (SSSR count). The molecule has 7 nitrogen and oxygen atoms in total. The Balaban J connectivity index is 1.90. The monoisotopic (exact) mass is 337 g/mol. The summed E-state index contributed by atoms with van der Waals surface area (Å²) in [5, 5.41) is 2.15. The Hall–Kier alpha value is -3.35. The van der Waals surface area contributed by atoms with Crippen molar-refractivity contribution in [3.63, 3.8) is 0 Å². The number of ether oxygens (including phenoxy) is 1. The van der Waals surface area contributed by atoms with Crippen molar-refractivity contribution in [1.82, 2.24) is 9.88 Å². The molecular weight excluding hydrogens is 322 g/mol. The van der Waals surface area contributed by atoms with Crippen molar-refractivity contribution in [1.29, 1.82) is 0 Å². The third kappa shape index (κ3) is 2.24. The molecule has 0 fully saturated rings. The van der Waals surface area contributed by atoms with Crippen LogP contribution in [-0.2, 0) is 0 Å². The fourth-order valence-corrected chi connectivity index (χ4v) is 3.05. The highest BCUT2D eigenvalue weighted by Gasteiger charge is 2.32. The number of nitrogen functional groups attached to an aromatic ring is 1. The molecule has 0 aliphatic carbocycles. The highest BCUT2D eigenvalue weighted by atomic mass is 16.5. The molecule has 0 spiro atoms. The van der Waals surface area contributed by atoms with E-state index in [4.69, 9.17) is 10.5 Å². The van der Waals surface area contributed by atoms with Crippen molar-refractivity contribution in [3.05, 3.63) is 57.4 Å². The first kappa shape index (κ1) is 15.2. The summed E-state index contributed by atoms with van der Waals surface area (Å²) in [7, 11) is 0.